The number of hydrogen-bond donors (Lipinski definition) is 3. The molecule has 0 unspecified atom stereocenters. The van der Waals surface area contributed by atoms with Crippen molar-refractivity contribution in [3.8, 4) is 0 Å². The Kier molecular flexibility index (Phi) is 7.66. The molecule has 0 spiro atoms. The minimum absolute atomic E-state index is 0.00536. The van der Waals surface area contributed by atoms with E-state index in [-0.39, 0.29) is 30.0 Å². The molecule has 3 N–H and O–H groups in total. The number of aromatic nitrogens is 4. The minimum atomic E-state index is -2.74. The van der Waals surface area contributed by atoms with E-state index >= 15 is 0 Å². The zero-order valence-electron chi connectivity index (χ0n) is 23.6. The first-order chi connectivity index (χ1) is 20.2. The van der Waals surface area contributed by atoms with Gasteiger partial charge in [0.05, 0.1) is 25.2 Å². The number of carbonyl (C=O) groups excluding carboxylic acids is 2. The number of piperidine rings is 1. The van der Waals surface area contributed by atoms with E-state index in [4.69, 9.17) is 4.74 Å². The molecule has 1 aromatic carbocycles. The number of nitrogens with zero attached hydrogens (tertiary/aromatic N) is 6. The lowest BCUT2D eigenvalue weighted by molar-refractivity contribution is -0.170. The number of likely N-dealkylation sites (tertiary alicyclic amines) is 2. The van der Waals surface area contributed by atoms with Gasteiger partial charge in [-0.2, -0.15) is 9.97 Å². The predicted octanol–water partition coefficient (Wildman–Crippen LogP) is 3.04. The van der Waals surface area contributed by atoms with Crippen molar-refractivity contribution in [3.63, 3.8) is 0 Å². The molecule has 3 aliphatic rings. The maximum Gasteiger partial charge on any atom is 0.328 e. The molecule has 4 heterocycles. The van der Waals surface area contributed by atoms with Gasteiger partial charge in [0.2, 0.25) is 11.9 Å². The molecule has 0 bridgehead atoms. The van der Waals surface area contributed by atoms with Crippen molar-refractivity contribution in [1.29, 1.82) is 0 Å². The van der Waals surface area contributed by atoms with Gasteiger partial charge in [-0.3, -0.25) is 9.69 Å². The topological polar surface area (TPSA) is 130 Å². The van der Waals surface area contributed by atoms with E-state index in [2.05, 4.69) is 35.8 Å². The summed E-state index contributed by atoms with van der Waals surface area (Å²) in [5, 5.41) is 9.28. The van der Waals surface area contributed by atoms with Crippen LogP contribution < -0.4 is 16.0 Å². The Balaban J connectivity index is 1.10. The van der Waals surface area contributed by atoms with Crippen molar-refractivity contribution < 1.29 is 23.1 Å². The summed E-state index contributed by atoms with van der Waals surface area (Å²) in [6.07, 6.45) is 4.53. The van der Waals surface area contributed by atoms with Crippen molar-refractivity contribution in [2.75, 3.05) is 51.0 Å². The summed E-state index contributed by atoms with van der Waals surface area (Å²) in [5.74, 6) is -2.27. The molecular weight excluding hydrogens is 548 g/mol. The predicted molar refractivity (Wildman–Crippen MR) is 152 cm³/mol. The summed E-state index contributed by atoms with van der Waals surface area (Å²) >= 11 is 0. The lowest BCUT2D eigenvalue weighted by Gasteiger charge is -2.42. The number of alkyl halides is 2. The van der Waals surface area contributed by atoms with Crippen LogP contribution in [0.25, 0.3) is 11.2 Å². The third kappa shape index (κ3) is 5.73. The van der Waals surface area contributed by atoms with Crippen LogP contribution in [-0.4, -0.2) is 99.7 Å². The standard InChI is InChI=1S/C28H35F2N9O3/c1-31-23-22-24(39(16-32-22)27(41)34-20-6-7-21(20)42-2)36-26(35-23)33-19-5-3-4-17(12-19)13-37-10-8-18(9-11-37)25(40)38-14-28(29,30)15-38/h3-5,12,16,18,20-21H,6-11,13-15H2,1-2H3,(H,34,41)(H2,31,33,35,36)/t20-,21-/m1/s1. The van der Waals surface area contributed by atoms with Crippen LogP contribution in [0.5, 0.6) is 0 Å². The number of fused-ring (bicyclic) bond motifs is 1. The van der Waals surface area contributed by atoms with E-state index in [1.807, 2.05) is 24.3 Å². The Bertz CT molecular complexity index is 1460. The number of anilines is 3. The van der Waals surface area contributed by atoms with Crippen LogP contribution in [0.15, 0.2) is 30.6 Å². The lowest BCUT2D eigenvalue weighted by Crippen LogP contribution is -2.60. The molecule has 2 amide bonds. The highest BCUT2D eigenvalue weighted by molar-refractivity contribution is 5.92. The molecule has 1 saturated carbocycles. The van der Waals surface area contributed by atoms with Crippen LogP contribution >= 0.6 is 0 Å². The quantitative estimate of drug-likeness (QED) is 0.366. The molecule has 42 heavy (non-hydrogen) atoms. The van der Waals surface area contributed by atoms with Crippen molar-refractivity contribution in [1.82, 2.24) is 34.6 Å². The first-order valence-electron chi connectivity index (χ1n) is 14.2. The number of ether oxygens (including phenoxy) is 1. The molecule has 2 saturated heterocycles. The normalized spacial score (nSPS) is 22.3. The second-order valence-corrected chi connectivity index (χ2v) is 11.3. The Hall–Kier alpha value is -3.91. The summed E-state index contributed by atoms with van der Waals surface area (Å²) in [6, 6.07) is 7.52. The van der Waals surface area contributed by atoms with Crippen LogP contribution in [0.3, 0.4) is 0 Å². The second kappa shape index (κ2) is 11.4. The maximum atomic E-state index is 13.2. The summed E-state index contributed by atoms with van der Waals surface area (Å²) < 4.78 is 33.1. The Labute approximate surface area is 241 Å². The number of amides is 2. The Morgan fingerprint density at radius 1 is 1.12 bits per heavy atom. The molecule has 3 fully saturated rings. The molecule has 2 aliphatic heterocycles. The van der Waals surface area contributed by atoms with Crippen LogP contribution in [0.1, 0.15) is 31.2 Å². The molecule has 0 radical (unpaired) electrons. The molecule has 12 nitrogen and oxygen atoms in total. The number of hydrogen-bond acceptors (Lipinski definition) is 9. The number of nitrogens with one attached hydrogen (secondary N) is 3. The fourth-order valence-electron chi connectivity index (χ4n) is 5.82. The molecule has 14 heteroatoms. The fraction of sp³-hybridized carbons (Fsp3) is 0.536. The fourth-order valence-corrected chi connectivity index (χ4v) is 5.82. The van der Waals surface area contributed by atoms with Crippen LogP contribution in [-0.2, 0) is 16.1 Å². The monoisotopic (exact) mass is 583 g/mol. The first kappa shape index (κ1) is 28.2. The molecule has 224 valence electrons. The summed E-state index contributed by atoms with van der Waals surface area (Å²) in [4.78, 5) is 42.6. The van der Waals surface area contributed by atoms with Crippen molar-refractivity contribution in [2.45, 2.75) is 50.3 Å². The Morgan fingerprint density at radius 3 is 2.57 bits per heavy atom. The van der Waals surface area contributed by atoms with Crippen molar-refractivity contribution in [3.05, 3.63) is 36.2 Å². The average molecular weight is 584 g/mol. The molecule has 1 aliphatic carbocycles. The third-order valence-corrected chi connectivity index (χ3v) is 8.36. The molecule has 6 rings (SSSR count). The zero-order chi connectivity index (χ0) is 29.4. The number of rotatable bonds is 8. The maximum absolute atomic E-state index is 13.2. The highest BCUT2D eigenvalue weighted by Gasteiger charge is 2.47. The van der Waals surface area contributed by atoms with E-state index in [0.29, 0.717) is 42.3 Å². The number of halogens is 2. The summed E-state index contributed by atoms with van der Waals surface area (Å²) in [5.41, 5.74) is 2.71. The minimum Gasteiger partial charge on any atom is -0.379 e. The van der Waals surface area contributed by atoms with E-state index in [1.165, 1.54) is 15.8 Å². The van der Waals surface area contributed by atoms with Gasteiger partial charge in [0.15, 0.2) is 17.0 Å². The van der Waals surface area contributed by atoms with Gasteiger partial charge < -0.3 is 25.6 Å². The number of benzene rings is 1. The average Bonchev–Trinajstić information content (AvgIpc) is 3.38. The summed E-state index contributed by atoms with van der Waals surface area (Å²) in [6.45, 7) is 1.23. The smallest absolute Gasteiger partial charge is 0.328 e. The van der Waals surface area contributed by atoms with Gasteiger partial charge in [-0.1, -0.05) is 12.1 Å². The number of carbonyl (C=O) groups is 2. The van der Waals surface area contributed by atoms with Crippen molar-refractivity contribution >= 4 is 40.6 Å². The molecule has 2 aromatic heterocycles. The van der Waals surface area contributed by atoms with Crippen LogP contribution in [0.2, 0.25) is 0 Å². The Morgan fingerprint density at radius 2 is 1.90 bits per heavy atom. The van der Waals surface area contributed by atoms with E-state index in [0.717, 1.165) is 37.2 Å². The second-order valence-electron chi connectivity index (χ2n) is 11.3. The third-order valence-electron chi connectivity index (χ3n) is 8.36. The van der Waals surface area contributed by atoms with Gasteiger partial charge in [0.25, 0.3) is 5.92 Å². The van der Waals surface area contributed by atoms with E-state index in [1.54, 1.807) is 14.2 Å². The van der Waals surface area contributed by atoms with Gasteiger partial charge in [-0.25, -0.2) is 23.1 Å². The van der Waals surface area contributed by atoms with Crippen molar-refractivity contribution in [2.24, 2.45) is 5.92 Å². The van der Waals surface area contributed by atoms with E-state index < -0.39 is 19.0 Å². The SMILES string of the molecule is CNc1nc(Nc2cccc(CN3CCC(C(=O)N4CC(F)(F)C4)CC3)c2)nc2c1ncn2C(=O)N[C@@H]1CC[C@H]1OC. The molecule has 3 aromatic rings. The summed E-state index contributed by atoms with van der Waals surface area (Å²) in [7, 11) is 3.38. The molecule has 2 atom stereocenters. The van der Waals surface area contributed by atoms with Gasteiger partial charge >= 0.3 is 6.03 Å². The van der Waals surface area contributed by atoms with E-state index in [9.17, 15) is 18.4 Å². The van der Waals surface area contributed by atoms with Crippen LogP contribution in [0.4, 0.5) is 31.0 Å². The highest BCUT2D eigenvalue weighted by atomic mass is 19.3. The van der Waals surface area contributed by atoms with Crippen LogP contribution in [0, 0.1) is 5.92 Å². The van der Waals surface area contributed by atoms with Gasteiger partial charge in [0, 0.05) is 32.3 Å². The van der Waals surface area contributed by atoms with Gasteiger partial charge in [-0.15, -0.1) is 0 Å². The highest BCUT2D eigenvalue weighted by Crippen LogP contribution is 2.31. The molecular formula is C28H35F2N9O3. The first-order valence-corrected chi connectivity index (χ1v) is 14.2. The largest absolute Gasteiger partial charge is 0.379 e. The lowest BCUT2D eigenvalue weighted by atomic mass is 9.89. The zero-order valence-corrected chi connectivity index (χ0v) is 23.6. The number of methoxy groups -OCH3 is 1. The van der Waals surface area contributed by atoms with Gasteiger partial charge in [-0.05, 0) is 56.5 Å². The number of imidazole rings is 1. The van der Waals surface area contributed by atoms with Gasteiger partial charge in [0.1, 0.15) is 6.33 Å².